The van der Waals surface area contributed by atoms with Gasteiger partial charge in [-0.3, -0.25) is 0 Å². The molecule has 0 bridgehead atoms. The summed E-state index contributed by atoms with van der Waals surface area (Å²) in [5, 5.41) is 7.67. The molecule has 3 N–H and O–H groups in total. The number of hydrogen-bond acceptors (Lipinski definition) is 7. The number of ether oxygens (including phenoxy) is 1. The van der Waals surface area contributed by atoms with Crippen molar-refractivity contribution in [3.63, 3.8) is 0 Å². The summed E-state index contributed by atoms with van der Waals surface area (Å²) in [6.45, 7) is 5.11. The van der Waals surface area contributed by atoms with Crippen molar-refractivity contribution in [1.29, 1.82) is 0 Å². The van der Waals surface area contributed by atoms with Gasteiger partial charge in [0.2, 0.25) is 0 Å². The summed E-state index contributed by atoms with van der Waals surface area (Å²) in [6.07, 6.45) is 3.91. The second kappa shape index (κ2) is 8.58. The zero-order valence-corrected chi connectivity index (χ0v) is 17.2. The minimum absolute atomic E-state index is 0.132. The fraction of sp³-hybridized carbons (Fsp3) is 0.333. The Hall–Kier alpha value is -3.33. The van der Waals surface area contributed by atoms with Crippen LogP contribution in [0.1, 0.15) is 30.5 Å². The molecular formula is C21H24FN7O. The molecule has 0 aliphatic rings. The summed E-state index contributed by atoms with van der Waals surface area (Å²) in [6, 6.07) is 5.14. The molecule has 156 valence electrons. The summed E-state index contributed by atoms with van der Waals surface area (Å²) in [5.41, 5.74) is 3.48. The molecule has 0 saturated heterocycles. The first-order chi connectivity index (χ1) is 14.6. The predicted molar refractivity (Wildman–Crippen MR) is 115 cm³/mol. The van der Waals surface area contributed by atoms with Crippen LogP contribution >= 0.6 is 0 Å². The third kappa shape index (κ3) is 3.88. The number of methoxy groups -OCH3 is 1. The first-order valence-electron chi connectivity index (χ1n) is 9.81. The molecule has 1 atom stereocenters. The van der Waals surface area contributed by atoms with E-state index >= 15 is 0 Å². The topological polar surface area (TPSA) is 101 Å². The van der Waals surface area contributed by atoms with E-state index in [9.17, 15) is 4.39 Å². The number of fused-ring (bicyclic) bond motifs is 2. The Bertz CT molecular complexity index is 1180. The molecule has 9 heteroatoms. The molecule has 3 heterocycles. The molecule has 0 amide bonds. The number of benzene rings is 1. The molecule has 4 aromatic rings. The minimum Gasteiger partial charge on any atom is -0.385 e. The molecule has 30 heavy (non-hydrogen) atoms. The molecule has 4 rings (SSSR count). The highest BCUT2D eigenvalue weighted by molar-refractivity contribution is 5.86. The number of anilines is 2. The standard InChI is InChI=1S/C21H24FN7O/c1-12-16(22)6-5-14-9-15(19(29-17(12)14)23-7-4-8-30-3)13(2)28-21-18-20(25-10-24-18)26-11-27-21/h5-6,9-11,13H,4,7-8H2,1-3H3,(H,23,29)(H2,24,25,26,27,28)/t13-/m0/s1. The van der Waals surface area contributed by atoms with Crippen molar-refractivity contribution >= 4 is 33.7 Å². The molecule has 0 spiro atoms. The third-order valence-corrected chi connectivity index (χ3v) is 5.06. The molecule has 8 nitrogen and oxygen atoms in total. The van der Waals surface area contributed by atoms with Gasteiger partial charge in [-0.15, -0.1) is 0 Å². The second-order valence-electron chi connectivity index (χ2n) is 7.13. The lowest BCUT2D eigenvalue weighted by Gasteiger charge is -2.20. The van der Waals surface area contributed by atoms with Crippen molar-refractivity contribution in [1.82, 2.24) is 24.9 Å². The van der Waals surface area contributed by atoms with Gasteiger partial charge >= 0.3 is 0 Å². The highest BCUT2D eigenvalue weighted by Gasteiger charge is 2.17. The Morgan fingerprint density at radius 1 is 1.17 bits per heavy atom. The number of halogens is 1. The Morgan fingerprint density at radius 3 is 2.87 bits per heavy atom. The van der Waals surface area contributed by atoms with Gasteiger partial charge in [0.25, 0.3) is 0 Å². The van der Waals surface area contributed by atoms with Crippen molar-refractivity contribution < 1.29 is 9.13 Å². The van der Waals surface area contributed by atoms with Crippen molar-refractivity contribution in [2.75, 3.05) is 30.9 Å². The third-order valence-electron chi connectivity index (χ3n) is 5.06. The van der Waals surface area contributed by atoms with Gasteiger partial charge in [0.05, 0.1) is 17.9 Å². The smallest absolute Gasteiger partial charge is 0.162 e. The highest BCUT2D eigenvalue weighted by atomic mass is 19.1. The molecule has 1 aromatic carbocycles. The Balaban J connectivity index is 1.71. The summed E-state index contributed by atoms with van der Waals surface area (Å²) < 4.78 is 19.2. The van der Waals surface area contributed by atoms with Crippen molar-refractivity contribution in [3.8, 4) is 0 Å². The zero-order valence-electron chi connectivity index (χ0n) is 17.2. The average molecular weight is 409 g/mol. The molecular weight excluding hydrogens is 385 g/mol. The number of rotatable bonds is 8. The van der Waals surface area contributed by atoms with Gasteiger partial charge in [-0.05, 0) is 38.5 Å². The monoisotopic (exact) mass is 409 g/mol. The molecule has 0 fully saturated rings. The van der Waals surface area contributed by atoms with Gasteiger partial charge in [0, 0.05) is 36.8 Å². The number of nitrogens with zero attached hydrogens (tertiary/aromatic N) is 4. The number of imidazole rings is 1. The lowest BCUT2D eigenvalue weighted by atomic mass is 10.0. The van der Waals surface area contributed by atoms with E-state index in [0.717, 1.165) is 17.4 Å². The van der Waals surface area contributed by atoms with Crippen molar-refractivity contribution in [3.05, 3.63) is 47.8 Å². The number of aryl methyl sites for hydroxylation is 1. The lowest BCUT2D eigenvalue weighted by molar-refractivity contribution is 0.197. The number of nitrogens with one attached hydrogen (secondary N) is 3. The Morgan fingerprint density at radius 2 is 2.03 bits per heavy atom. The fourth-order valence-electron chi connectivity index (χ4n) is 3.42. The van der Waals surface area contributed by atoms with Gasteiger partial charge in [0.1, 0.15) is 23.5 Å². The van der Waals surface area contributed by atoms with Crippen LogP contribution in [0, 0.1) is 12.7 Å². The first-order valence-corrected chi connectivity index (χ1v) is 9.81. The van der Waals surface area contributed by atoms with Crippen LogP contribution in [-0.4, -0.2) is 45.2 Å². The Kier molecular flexibility index (Phi) is 5.71. The molecule has 3 aromatic heterocycles. The minimum atomic E-state index is -0.263. The maximum atomic E-state index is 14.1. The number of aromatic amines is 1. The molecule has 0 saturated carbocycles. The van der Waals surface area contributed by atoms with Gasteiger partial charge in [-0.25, -0.2) is 24.3 Å². The van der Waals surface area contributed by atoms with E-state index in [4.69, 9.17) is 9.72 Å². The maximum Gasteiger partial charge on any atom is 0.162 e. The lowest BCUT2D eigenvalue weighted by Crippen LogP contribution is -2.14. The largest absolute Gasteiger partial charge is 0.385 e. The van der Waals surface area contributed by atoms with Gasteiger partial charge in [-0.2, -0.15) is 0 Å². The SMILES string of the molecule is COCCCNc1nc2c(C)c(F)ccc2cc1[C@H](C)Nc1ncnc2[nH]cnc12. The van der Waals surface area contributed by atoms with E-state index in [2.05, 4.69) is 30.6 Å². The number of H-pyrrole nitrogens is 1. The van der Waals surface area contributed by atoms with Crippen LogP contribution in [0.2, 0.25) is 0 Å². The normalized spacial score (nSPS) is 12.4. The van der Waals surface area contributed by atoms with Crippen LogP contribution in [0.4, 0.5) is 16.0 Å². The average Bonchev–Trinajstić information content (AvgIpc) is 3.23. The first kappa shape index (κ1) is 20.0. The summed E-state index contributed by atoms with van der Waals surface area (Å²) in [7, 11) is 1.68. The van der Waals surface area contributed by atoms with Gasteiger partial charge in [0.15, 0.2) is 11.5 Å². The quantitative estimate of drug-likeness (QED) is 0.379. The highest BCUT2D eigenvalue weighted by Crippen LogP contribution is 2.31. The maximum absolute atomic E-state index is 14.1. The van der Waals surface area contributed by atoms with Gasteiger partial charge in [-0.1, -0.05) is 0 Å². The van der Waals surface area contributed by atoms with E-state index in [1.165, 1.54) is 12.4 Å². The van der Waals surface area contributed by atoms with Crippen LogP contribution < -0.4 is 10.6 Å². The zero-order chi connectivity index (χ0) is 21.1. The summed E-state index contributed by atoms with van der Waals surface area (Å²) in [5.74, 6) is 1.08. The van der Waals surface area contributed by atoms with Crippen LogP contribution in [0.25, 0.3) is 22.1 Å². The van der Waals surface area contributed by atoms with E-state index < -0.39 is 0 Å². The van der Waals surface area contributed by atoms with Crippen LogP contribution in [0.3, 0.4) is 0 Å². The number of pyridine rings is 1. The number of aromatic nitrogens is 5. The molecule has 0 unspecified atom stereocenters. The molecule has 0 aliphatic carbocycles. The predicted octanol–water partition coefficient (Wildman–Crippen LogP) is 3.97. The van der Waals surface area contributed by atoms with Gasteiger partial charge < -0.3 is 20.4 Å². The van der Waals surface area contributed by atoms with E-state index in [0.29, 0.717) is 47.0 Å². The number of hydrogen-bond donors (Lipinski definition) is 3. The van der Waals surface area contributed by atoms with E-state index in [1.54, 1.807) is 26.4 Å². The van der Waals surface area contributed by atoms with Crippen molar-refractivity contribution in [2.24, 2.45) is 0 Å². The fourth-order valence-corrected chi connectivity index (χ4v) is 3.42. The van der Waals surface area contributed by atoms with Crippen LogP contribution in [-0.2, 0) is 4.74 Å². The molecule has 0 aliphatic heterocycles. The van der Waals surface area contributed by atoms with E-state index in [-0.39, 0.29) is 11.9 Å². The summed E-state index contributed by atoms with van der Waals surface area (Å²) >= 11 is 0. The van der Waals surface area contributed by atoms with Crippen molar-refractivity contribution in [2.45, 2.75) is 26.3 Å². The Labute approximate surface area is 173 Å². The van der Waals surface area contributed by atoms with Crippen LogP contribution in [0.15, 0.2) is 30.9 Å². The molecule has 0 radical (unpaired) electrons. The van der Waals surface area contributed by atoms with E-state index in [1.807, 2.05) is 13.0 Å². The van der Waals surface area contributed by atoms with Crippen LogP contribution in [0.5, 0.6) is 0 Å². The second-order valence-corrected chi connectivity index (χ2v) is 7.13. The summed E-state index contributed by atoms with van der Waals surface area (Å²) in [4.78, 5) is 20.6.